The standard InChI is InChI=1S/C10H18BN3O4/c1-7(11(16)17)14-6-8(5-12-14)13-9(15)18-10(2,3)4/h5-7,16-17H,1-4H3,(H,13,15). The van der Waals surface area contributed by atoms with Gasteiger partial charge in [-0.25, -0.2) is 4.79 Å². The van der Waals surface area contributed by atoms with E-state index >= 15 is 0 Å². The van der Waals surface area contributed by atoms with E-state index in [4.69, 9.17) is 14.8 Å². The summed E-state index contributed by atoms with van der Waals surface area (Å²) in [6.45, 7) is 6.88. The van der Waals surface area contributed by atoms with Gasteiger partial charge in [-0.05, 0) is 27.7 Å². The van der Waals surface area contributed by atoms with Crippen molar-refractivity contribution >= 4 is 18.9 Å². The zero-order valence-electron chi connectivity index (χ0n) is 10.9. The summed E-state index contributed by atoms with van der Waals surface area (Å²) in [5.74, 6) is -0.598. The highest BCUT2D eigenvalue weighted by Gasteiger charge is 2.21. The minimum absolute atomic E-state index is 0.428. The maximum atomic E-state index is 11.5. The molecule has 3 N–H and O–H groups in total. The molecule has 0 aliphatic heterocycles. The Morgan fingerprint density at radius 3 is 2.67 bits per heavy atom. The van der Waals surface area contributed by atoms with Crippen LogP contribution >= 0.6 is 0 Å². The van der Waals surface area contributed by atoms with E-state index in [2.05, 4.69) is 10.4 Å². The number of rotatable bonds is 3. The van der Waals surface area contributed by atoms with E-state index in [0.29, 0.717) is 5.69 Å². The Morgan fingerprint density at radius 1 is 1.56 bits per heavy atom. The van der Waals surface area contributed by atoms with Gasteiger partial charge in [0, 0.05) is 6.20 Å². The lowest BCUT2D eigenvalue weighted by Crippen LogP contribution is -2.27. The molecule has 1 heterocycles. The molecule has 8 heteroatoms. The van der Waals surface area contributed by atoms with Crippen LogP contribution in [0.1, 0.15) is 33.6 Å². The molecule has 1 aromatic rings. The molecule has 0 saturated heterocycles. The van der Waals surface area contributed by atoms with Crippen LogP contribution in [0.4, 0.5) is 10.5 Å². The highest BCUT2D eigenvalue weighted by molar-refractivity contribution is 6.41. The molecule has 100 valence electrons. The van der Waals surface area contributed by atoms with Crippen molar-refractivity contribution < 1.29 is 19.6 Å². The largest absolute Gasteiger partial charge is 0.477 e. The van der Waals surface area contributed by atoms with Gasteiger partial charge in [0.1, 0.15) is 5.60 Å². The number of hydrogen-bond donors (Lipinski definition) is 3. The highest BCUT2D eigenvalue weighted by Crippen LogP contribution is 2.13. The molecule has 0 bridgehead atoms. The van der Waals surface area contributed by atoms with Gasteiger partial charge < -0.3 is 14.8 Å². The molecule has 0 saturated carbocycles. The zero-order valence-corrected chi connectivity index (χ0v) is 10.9. The van der Waals surface area contributed by atoms with Gasteiger partial charge in [-0.2, -0.15) is 5.10 Å². The molecule has 1 aromatic heterocycles. The molecule has 0 aromatic carbocycles. The first-order valence-corrected chi connectivity index (χ1v) is 5.59. The van der Waals surface area contributed by atoms with E-state index in [-0.39, 0.29) is 0 Å². The SMILES string of the molecule is CC(B(O)O)n1cc(NC(=O)OC(C)(C)C)cn1. The number of hydrogen-bond acceptors (Lipinski definition) is 5. The number of carbonyl (C=O) groups is 1. The van der Waals surface area contributed by atoms with E-state index in [1.54, 1.807) is 27.7 Å². The second-order valence-electron chi connectivity index (χ2n) is 4.99. The molecule has 0 radical (unpaired) electrons. The molecule has 1 amide bonds. The Labute approximate surface area is 106 Å². The van der Waals surface area contributed by atoms with Gasteiger partial charge in [0.2, 0.25) is 0 Å². The molecule has 0 aliphatic rings. The number of aromatic nitrogens is 2. The quantitative estimate of drug-likeness (QED) is 0.694. The normalized spacial score (nSPS) is 13.0. The zero-order chi connectivity index (χ0) is 13.9. The Balaban J connectivity index is 2.62. The predicted molar refractivity (Wildman–Crippen MR) is 67.0 cm³/mol. The van der Waals surface area contributed by atoms with Crippen LogP contribution in [0.3, 0.4) is 0 Å². The highest BCUT2D eigenvalue weighted by atomic mass is 16.6. The Bertz CT molecular complexity index is 414. The van der Waals surface area contributed by atoms with E-state index in [1.165, 1.54) is 17.1 Å². The molecule has 1 atom stereocenters. The van der Waals surface area contributed by atoms with Crippen molar-refractivity contribution in [1.29, 1.82) is 0 Å². The van der Waals surface area contributed by atoms with E-state index in [1.807, 2.05) is 0 Å². The molecule has 0 fully saturated rings. The molecule has 18 heavy (non-hydrogen) atoms. The van der Waals surface area contributed by atoms with Gasteiger partial charge in [0.25, 0.3) is 0 Å². The topological polar surface area (TPSA) is 96.6 Å². The number of nitrogens with one attached hydrogen (secondary N) is 1. The molecule has 1 rings (SSSR count). The van der Waals surface area contributed by atoms with Gasteiger partial charge in [-0.15, -0.1) is 0 Å². The maximum Gasteiger partial charge on any atom is 0.477 e. The first-order valence-electron chi connectivity index (χ1n) is 5.59. The van der Waals surface area contributed by atoms with Crippen molar-refractivity contribution in [2.24, 2.45) is 0 Å². The molecular formula is C10H18BN3O4. The maximum absolute atomic E-state index is 11.5. The van der Waals surface area contributed by atoms with Gasteiger partial charge in [0.05, 0.1) is 17.8 Å². The minimum Gasteiger partial charge on any atom is -0.444 e. The molecule has 7 nitrogen and oxygen atoms in total. The number of nitrogens with zero attached hydrogens (tertiary/aromatic N) is 2. The Kier molecular flexibility index (Phi) is 4.36. The van der Waals surface area contributed by atoms with E-state index in [0.717, 1.165) is 0 Å². The van der Waals surface area contributed by atoms with Crippen molar-refractivity contribution in [1.82, 2.24) is 9.78 Å². The van der Waals surface area contributed by atoms with Crippen molar-refractivity contribution in [2.45, 2.75) is 39.2 Å². The van der Waals surface area contributed by atoms with Crippen LogP contribution in [0.5, 0.6) is 0 Å². The lowest BCUT2D eigenvalue weighted by molar-refractivity contribution is 0.0636. The summed E-state index contributed by atoms with van der Waals surface area (Å²) in [5, 5.41) is 24.4. The van der Waals surface area contributed by atoms with Crippen LogP contribution in [0.15, 0.2) is 12.4 Å². The summed E-state index contributed by atoms with van der Waals surface area (Å²) in [7, 11) is -1.51. The van der Waals surface area contributed by atoms with Gasteiger partial charge in [-0.1, -0.05) is 0 Å². The summed E-state index contributed by atoms with van der Waals surface area (Å²) in [6, 6.07) is 0. The van der Waals surface area contributed by atoms with Crippen LogP contribution in [-0.4, -0.2) is 38.6 Å². The third-order valence-corrected chi connectivity index (χ3v) is 2.10. The molecular weight excluding hydrogens is 237 g/mol. The lowest BCUT2D eigenvalue weighted by Gasteiger charge is -2.19. The van der Waals surface area contributed by atoms with Crippen LogP contribution in [-0.2, 0) is 4.74 Å². The van der Waals surface area contributed by atoms with Crippen LogP contribution in [0, 0.1) is 0 Å². The van der Waals surface area contributed by atoms with E-state index < -0.39 is 24.8 Å². The third-order valence-electron chi connectivity index (χ3n) is 2.10. The molecule has 0 aliphatic carbocycles. The summed E-state index contributed by atoms with van der Waals surface area (Å²) in [6.07, 6.45) is 2.32. The van der Waals surface area contributed by atoms with E-state index in [9.17, 15) is 4.79 Å². The van der Waals surface area contributed by atoms with Crippen LogP contribution in [0.2, 0.25) is 0 Å². The second kappa shape index (κ2) is 5.41. The first kappa shape index (κ1) is 14.5. The lowest BCUT2D eigenvalue weighted by atomic mass is 9.81. The van der Waals surface area contributed by atoms with Crippen molar-refractivity contribution in [3.63, 3.8) is 0 Å². The fraction of sp³-hybridized carbons (Fsp3) is 0.600. The summed E-state index contributed by atoms with van der Waals surface area (Å²) in [4.78, 5) is 11.5. The van der Waals surface area contributed by atoms with Crippen LogP contribution in [0.25, 0.3) is 0 Å². The fourth-order valence-corrected chi connectivity index (χ4v) is 1.18. The van der Waals surface area contributed by atoms with Crippen LogP contribution < -0.4 is 5.32 Å². The second-order valence-corrected chi connectivity index (χ2v) is 4.99. The number of ether oxygens (including phenoxy) is 1. The summed E-state index contributed by atoms with van der Waals surface area (Å²) < 4.78 is 6.42. The number of amides is 1. The predicted octanol–water partition coefficient (Wildman–Crippen LogP) is 0.803. The van der Waals surface area contributed by atoms with Gasteiger partial charge in [0.15, 0.2) is 0 Å². The van der Waals surface area contributed by atoms with Crippen molar-refractivity contribution in [3.05, 3.63) is 12.4 Å². The van der Waals surface area contributed by atoms with Gasteiger partial charge in [-0.3, -0.25) is 10.00 Å². The fourth-order valence-electron chi connectivity index (χ4n) is 1.18. The summed E-state index contributed by atoms with van der Waals surface area (Å²) >= 11 is 0. The average Bonchev–Trinajstić information content (AvgIpc) is 2.61. The minimum atomic E-state index is -1.51. The number of anilines is 1. The van der Waals surface area contributed by atoms with Crippen molar-refractivity contribution in [3.8, 4) is 0 Å². The van der Waals surface area contributed by atoms with Crippen molar-refractivity contribution in [2.75, 3.05) is 5.32 Å². The third kappa shape index (κ3) is 4.38. The monoisotopic (exact) mass is 255 g/mol. The Hall–Kier alpha value is -1.54. The first-order chi connectivity index (χ1) is 8.19. The Morgan fingerprint density at radius 2 is 2.17 bits per heavy atom. The van der Waals surface area contributed by atoms with Gasteiger partial charge >= 0.3 is 13.2 Å². The average molecular weight is 255 g/mol. The molecule has 0 spiro atoms. The summed E-state index contributed by atoms with van der Waals surface area (Å²) in [5.41, 5.74) is -0.147. The number of carbonyl (C=O) groups excluding carboxylic acids is 1. The smallest absolute Gasteiger partial charge is 0.444 e. The molecule has 1 unspecified atom stereocenters.